The number of thiazole rings is 1. The molecule has 1 aliphatic heterocycles. The van der Waals surface area contributed by atoms with E-state index in [4.69, 9.17) is 0 Å². The lowest BCUT2D eigenvalue weighted by atomic mass is 9.95. The first-order chi connectivity index (χ1) is 12.5. The maximum Gasteiger partial charge on any atom is 0.223 e. The second-order valence-electron chi connectivity index (χ2n) is 7.11. The predicted octanol–water partition coefficient (Wildman–Crippen LogP) is 2.70. The molecule has 140 valence electrons. The van der Waals surface area contributed by atoms with Crippen molar-refractivity contribution in [3.63, 3.8) is 0 Å². The highest BCUT2D eigenvalue weighted by molar-refractivity contribution is 7.13. The van der Waals surface area contributed by atoms with E-state index in [2.05, 4.69) is 26.6 Å². The Morgan fingerprint density at radius 3 is 2.77 bits per heavy atom. The summed E-state index contributed by atoms with van der Waals surface area (Å²) < 4.78 is 0. The van der Waals surface area contributed by atoms with Crippen LogP contribution in [0.4, 0.5) is 5.13 Å². The number of piperidine rings is 1. The highest BCUT2D eigenvalue weighted by Gasteiger charge is 2.27. The number of benzene rings is 1. The summed E-state index contributed by atoms with van der Waals surface area (Å²) in [6, 6.07) is 7.97. The molecule has 1 amide bonds. The smallest absolute Gasteiger partial charge is 0.223 e. The number of hydrogen-bond donors (Lipinski definition) is 2. The van der Waals surface area contributed by atoms with E-state index in [0.717, 1.165) is 42.3 Å². The molecule has 1 aromatic heterocycles. The molecule has 2 N–H and O–H groups in total. The molecule has 1 saturated heterocycles. The van der Waals surface area contributed by atoms with Gasteiger partial charge in [-0.25, -0.2) is 4.98 Å². The molecule has 0 spiro atoms. The molecule has 2 aromatic rings. The Morgan fingerprint density at radius 1 is 1.38 bits per heavy atom. The van der Waals surface area contributed by atoms with Gasteiger partial charge in [0, 0.05) is 24.4 Å². The number of hydrogen-bond acceptors (Lipinski definition) is 5. The topological polar surface area (TPSA) is 65.5 Å². The van der Waals surface area contributed by atoms with Gasteiger partial charge in [0.25, 0.3) is 0 Å². The van der Waals surface area contributed by atoms with E-state index in [0.29, 0.717) is 6.42 Å². The summed E-state index contributed by atoms with van der Waals surface area (Å²) in [6.07, 6.45) is 2.31. The second kappa shape index (κ2) is 8.64. The van der Waals surface area contributed by atoms with Crippen LogP contribution in [0, 0.1) is 19.8 Å². The quantitative estimate of drug-likeness (QED) is 0.817. The summed E-state index contributed by atoms with van der Waals surface area (Å²) in [5.74, 6) is 0.0746. The molecule has 6 heteroatoms. The average Bonchev–Trinajstić information content (AvgIpc) is 3.07. The molecular weight excluding hydrogens is 346 g/mol. The minimum absolute atomic E-state index is 0.0128. The van der Waals surface area contributed by atoms with E-state index < -0.39 is 0 Å². The van der Waals surface area contributed by atoms with Gasteiger partial charge < -0.3 is 15.3 Å². The maximum atomic E-state index is 12.6. The Labute approximate surface area is 159 Å². The zero-order chi connectivity index (χ0) is 18.5. The van der Waals surface area contributed by atoms with E-state index in [1.807, 2.05) is 32.0 Å². The van der Waals surface area contributed by atoms with Gasteiger partial charge in [-0.1, -0.05) is 29.8 Å². The van der Waals surface area contributed by atoms with Crippen LogP contribution in [0.15, 0.2) is 29.6 Å². The van der Waals surface area contributed by atoms with Crippen molar-refractivity contribution >= 4 is 22.4 Å². The van der Waals surface area contributed by atoms with Crippen LogP contribution >= 0.6 is 11.3 Å². The van der Waals surface area contributed by atoms with Crippen molar-refractivity contribution < 1.29 is 9.90 Å². The number of aryl methyl sites for hydroxylation is 2. The van der Waals surface area contributed by atoms with Crippen LogP contribution in [0.1, 0.15) is 29.7 Å². The van der Waals surface area contributed by atoms with Gasteiger partial charge in [0.2, 0.25) is 5.91 Å². The largest absolute Gasteiger partial charge is 0.394 e. The van der Waals surface area contributed by atoms with Crippen molar-refractivity contribution in [2.45, 2.75) is 39.2 Å². The predicted molar refractivity (Wildman–Crippen MR) is 106 cm³/mol. The van der Waals surface area contributed by atoms with Crippen molar-refractivity contribution in [3.05, 3.63) is 46.5 Å². The molecule has 5 nitrogen and oxygen atoms in total. The third-order valence-corrected chi connectivity index (χ3v) is 5.89. The van der Waals surface area contributed by atoms with Crippen LogP contribution in [0.3, 0.4) is 0 Å². The lowest BCUT2D eigenvalue weighted by molar-refractivity contribution is -0.126. The van der Waals surface area contributed by atoms with Crippen LogP contribution in [-0.4, -0.2) is 41.7 Å². The number of aliphatic hydroxyl groups is 1. The van der Waals surface area contributed by atoms with Crippen LogP contribution in [-0.2, 0) is 11.2 Å². The number of aliphatic hydroxyl groups excluding tert-OH is 1. The molecule has 1 aromatic carbocycles. The SMILES string of the molecule is Cc1cccc(C[C@@H](CO)NC(=O)C2CCN(c3nc(C)cs3)CC2)c1. The number of nitrogens with one attached hydrogen (secondary N) is 1. The first-order valence-corrected chi connectivity index (χ1v) is 10.1. The van der Waals surface area contributed by atoms with E-state index in [9.17, 15) is 9.90 Å². The molecule has 1 fully saturated rings. The lowest BCUT2D eigenvalue weighted by Crippen LogP contribution is -2.45. The summed E-state index contributed by atoms with van der Waals surface area (Å²) in [7, 11) is 0. The zero-order valence-corrected chi connectivity index (χ0v) is 16.3. The highest BCUT2D eigenvalue weighted by Crippen LogP contribution is 2.26. The van der Waals surface area contributed by atoms with Crippen LogP contribution < -0.4 is 10.2 Å². The molecular formula is C20H27N3O2S. The van der Waals surface area contributed by atoms with E-state index >= 15 is 0 Å². The molecule has 0 aliphatic carbocycles. The molecule has 1 aliphatic rings. The number of anilines is 1. The van der Waals surface area contributed by atoms with Crippen molar-refractivity contribution in [3.8, 4) is 0 Å². The number of rotatable bonds is 6. The van der Waals surface area contributed by atoms with Crippen molar-refractivity contribution in [1.29, 1.82) is 0 Å². The number of amides is 1. The Hall–Kier alpha value is -1.92. The zero-order valence-electron chi connectivity index (χ0n) is 15.4. The Bertz CT molecular complexity index is 738. The molecule has 0 saturated carbocycles. The second-order valence-corrected chi connectivity index (χ2v) is 7.95. The molecule has 0 bridgehead atoms. The summed E-state index contributed by atoms with van der Waals surface area (Å²) in [6.45, 7) is 5.72. The van der Waals surface area contributed by atoms with Crippen LogP contribution in [0.2, 0.25) is 0 Å². The van der Waals surface area contributed by atoms with Gasteiger partial charge in [0.1, 0.15) is 0 Å². The summed E-state index contributed by atoms with van der Waals surface area (Å²) >= 11 is 1.66. The molecule has 0 radical (unpaired) electrons. The Kier molecular flexibility index (Phi) is 6.27. The molecule has 3 rings (SSSR count). The fourth-order valence-electron chi connectivity index (χ4n) is 3.42. The highest BCUT2D eigenvalue weighted by atomic mass is 32.1. The normalized spacial score (nSPS) is 16.5. The number of carbonyl (C=O) groups is 1. The molecule has 0 unspecified atom stereocenters. The first kappa shape index (κ1) is 18.9. The first-order valence-electron chi connectivity index (χ1n) is 9.19. The minimum Gasteiger partial charge on any atom is -0.394 e. The maximum absolute atomic E-state index is 12.6. The van der Waals surface area contributed by atoms with Gasteiger partial charge in [-0.2, -0.15) is 0 Å². The Balaban J connectivity index is 1.51. The summed E-state index contributed by atoms with van der Waals surface area (Å²) in [5.41, 5.74) is 3.38. The number of nitrogens with zero attached hydrogens (tertiary/aromatic N) is 2. The third kappa shape index (κ3) is 4.83. The average molecular weight is 374 g/mol. The van der Waals surface area contributed by atoms with Gasteiger partial charge in [0.05, 0.1) is 18.3 Å². The van der Waals surface area contributed by atoms with Gasteiger partial charge >= 0.3 is 0 Å². The fraction of sp³-hybridized carbons (Fsp3) is 0.500. The Morgan fingerprint density at radius 2 is 2.15 bits per heavy atom. The van der Waals surface area contributed by atoms with E-state index in [-0.39, 0.29) is 24.5 Å². The van der Waals surface area contributed by atoms with Gasteiger partial charge in [-0.15, -0.1) is 11.3 Å². The third-order valence-electron chi connectivity index (χ3n) is 4.87. The van der Waals surface area contributed by atoms with Crippen molar-refractivity contribution in [1.82, 2.24) is 10.3 Å². The number of carbonyl (C=O) groups excluding carboxylic acids is 1. The van der Waals surface area contributed by atoms with Crippen LogP contribution in [0.25, 0.3) is 0 Å². The van der Waals surface area contributed by atoms with Crippen molar-refractivity contribution in [2.24, 2.45) is 5.92 Å². The van der Waals surface area contributed by atoms with Crippen molar-refractivity contribution in [2.75, 3.05) is 24.6 Å². The monoisotopic (exact) mass is 373 g/mol. The molecule has 26 heavy (non-hydrogen) atoms. The van der Waals surface area contributed by atoms with Gasteiger partial charge in [-0.3, -0.25) is 4.79 Å². The molecule has 2 heterocycles. The summed E-state index contributed by atoms with van der Waals surface area (Å²) in [5, 5.41) is 15.8. The summed E-state index contributed by atoms with van der Waals surface area (Å²) in [4.78, 5) is 19.4. The number of aromatic nitrogens is 1. The minimum atomic E-state index is -0.232. The standard InChI is InChI=1S/C20H27N3O2S/c1-14-4-3-5-16(10-14)11-18(12-24)22-19(25)17-6-8-23(9-7-17)20-21-15(2)13-26-20/h3-5,10,13,17-18,24H,6-9,11-12H2,1-2H3,(H,22,25)/t18-/m0/s1. The van der Waals surface area contributed by atoms with E-state index in [1.165, 1.54) is 5.56 Å². The lowest BCUT2D eigenvalue weighted by Gasteiger charge is -2.31. The van der Waals surface area contributed by atoms with Crippen LogP contribution in [0.5, 0.6) is 0 Å². The van der Waals surface area contributed by atoms with E-state index in [1.54, 1.807) is 11.3 Å². The fourth-order valence-corrected chi connectivity index (χ4v) is 4.28. The van der Waals surface area contributed by atoms with Gasteiger partial charge in [-0.05, 0) is 38.7 Å². The molecule has 1 atom stereocenters. The van der Waals surface area contributed by atoms with Gasteiger partial charge in [0.15, 0.2) is 5.13 Å².